The Bertz CT molecular complexity index is 751. The third-order valence-corrected chi connectivity index (χ3v) is 3.43. The van der Waals surface area contributed by atoms with E-state index >= 15 is 0 Å². The zero-order chi connectivity index (χ0) is 17.4. The molecule has 2 N–H and O–H groups in total. The Kier molecular flexibility index (Phi) is 6.09. The predicted molar refractivity (Wildman–Crippen MR) is 94.6 cm³/mol. The van der Waals surface area contributed by atoms with Crippen molar-refractivity contribution in [3.8, 4) is 23.8 Å². The maximum Gasteiger partial charge on any atom is 0.319 e. The van der Waals surface area contributed by atoms with Crippen molar-refractivity contribution in [2.75, 3.05) is 26.1 Å². The van der Waals surface area contributed by atoms with Crippen LogP contribution in [0.25, 0.3) is 0 Å². The molecule has 2 rings (SSSR count). The highest BCUT2D eigenvalue weighted by atomic mass is 16.5. The van der Waals surface area contributed by atoms with E-state index in [0.717, 1.165) is 11.1 Å². The van der Waals surface area contributed by atoms with Gasteiger partial charge >= 0.3 is 6.03 Å². The molecule has 0 aliphatic heterocycles. The van der Waals surface area contributed by atoms with Gasteiger partial charge in [0.25, 0.3) is 0 Å². The number of methoxy groups -OCH3 is 2. The topological polar surface area (TPSA) is 59.6 Å². The van der Waals surface area contributed by atoms with Crippen LogP contribution in [0.2, 0.25) is 0 Å². The second-order valence-electron chi connectivity index (χ2n) is 5.05. The summed E-state index contributed by atoms with van der Waals surface area (Å²) in [5.41, 5.74) is 2.43. The first-order valence-electron chi connectivity index (χ1n) is 7.48. The molecule has 24 heavy (non-hydrogen) atoms. The van der Waals surface area contributed by atoms with Crippen molar-refractivity contribution in [2.45, 2.75) is 6.42 Å². The lowest BCUT2D eigenvalue weighted by atomic mass is 10.1. The molecule has 124 valence electrons. The second kappa shape index (κ2) is 8.49. The molecule has 0 spiro atoms. The van der Waals surface area contributed by atoms with E-state index in [2.05, 4.69) is 16.6 Å². The van der Waals surface area contributed by atoms with E-state index in [1.807, 2.05) is 18.2 Å². The highest BCUT2D eigenvalue weighted by molar-refractivity contribution is 5.89. The van der Waals surface area contributed by atoms with Gasteiger partial charge in [0.1, 0.15) is 0 Å². The molecule has 5 nitrogen and oxygen atoms in total. The highest BCUT2D eigenvalue weighted by Gasteiger charge is 2.06. The quantitative estimate of drug-likeness (QED) is 0.803. The zero-order valence-electron chi connectivity index (χ0n) is 13.8. The lowest BCUT2D eigenvalue weighted by molar-refractivity contribution is 0.252. The van der Waals surface area contributed by atoms with E-state index in [1.54, 1.807) is 38.5 Å². The van der Waals surface area contributed by atoms with Crippen molar-refractivity contribution in [3.63, 3.8) is 0 Å². The molecule has 0 saturated carbocycles. The highest BCUT2D eigenvalue weighted by Crippen LogP contribution is 2.27. The number of hydrogen-bond acceptors (Lipinski definition) is 3. The summed E-state index contributed by atoms with van der Waals surface area (Å²) >= 11 is 0. The lowest BCUT2D eigenvalue weighted by Crippen LogP contribution is -2.30. The summed E-state index contributed by atoms with van der Waals surface area (Å²) in [5, 5.41) is 5.56. The zero-order valence-corrected chi connectivity index (χ0v) is 13.8. The Morgan fingerprint density at radius 1 is 1.12 bits per heavy atom. The van der Waals surface area contributed by atoms with Crippen molar-refractivity contribution in [2.24, 2.45) is 0 Å². The number of amides is 2. The van der Waals surface area contributed by atoms with Crippen LogP contribution in [0.15, 0.2) is 42.5 Å². The number of anilines is 1. The minimum atomic E-state index is -0.273. The van der Waals surface area contributed by atoms with Crippen LogP contribution in [0, 0.1) is 12.3 Å². The van der Waals surface area contributed by atoms with Gasteiger partial charge in [-0.3, -0.25) is 0 Å². The molecule has 0 heterocycles. The molecular weight excluding hydrogens is 304 g/mol. The van der Waals surface area contributed by atoms with Crippen LogP contribution in [-0.2, 0) is 6.42 Å². The van der Waals surface area contributed by atoms with E-state index in [9.17, 15) is 4.79 Å². The average Bonchev–Trinajstić information content (AvgIpc) is 2.61. The van der Waals surface area contributed by atoms with Gasteiger partial charge in [-0.2, -0.15) is 0 Å². The van der Waals surface area contributed by atoms with Gasteiger partial charge in [0.15, 0.2) is 11.5 Å². The summed E-state index contributed by atoms with van der Waals surface area (Å²) in [6.45, 7) is 0.496. The fourth-order valence-electron chi connectivity index (χ4n) is 2.22. The smallest absolute Gasteiger partial charge is 0.319 e. The number of carbonyl (C=O) groups excluding carboxylic acids is 1. The summed E-state index contributed by atoms with van der Waals surface area (Å²) in [7, 11) is 3.19. The minimum Gasteiger partial charge on any atom is -0.493 e. The number of urea groups is 1. The summed E-state index contributed by atoms with van der Waals surface area (Å²) in [6.07, 6.45) is 6.02. The molecule has 0 aromatic heterocycles. The van der Waals surface area contributed by atoms with Crippen LogP contribution in [0.3, 0.4) is 0 Å². The van der Waals surface area contributed by atoms with Crippen molar-refractivity contribution < 1.29 is 14.3 Å². The van der Waals surface area contributed by atoms with Crippen LogP contribution in [0.4, 0.5) is 10.5 Å². The summed E-state index contributed by atoms with van der Waals surface area (Å²) in [6, 6.07) is 12.5. The van der Waals surface area contributed by atoms with Gasteiger partial charge in [0.2, 0.25) is 0 Å². The molecule has 0 aliphatic rings. The van der Waals surface area contributed by atoms with E-state index in [4.69, 9.17) is 15.9 Å². The summed E-state index contributed by atoms with van der Waals surface area (Å²) < 4.78 is 10.5. The van der Waals surface area contributed by atoms with Crippen molar-refractivity contribution in [1.82, 2.24) is 5.32 Å². The van der Waals surface area contributed by atoms with Gasteiger partial charge in [0, 0.05) is 17.8 Å². The first-order chi connectivity index (χ1) is 11.7. The number of rotatable bonds is 6. The Labute approximate surface area is 142 Å². The van der Waals surface area contributed by atoms with Crippen LogP contribution in [-0.4, -0.2) is 26.8 Å². The number of carbonyl (C=O) groups is 1. The SMILES string of the molecule is C#Cc1cccc(NC(=O)NCCc2ccc(OC)c(OC)c2)c1. The number of benzene rings is 2. The van der Waals surface area contributed by atoms with Gasteiger partial charge in [-0.05, 0) is 42.3 Å². The normalized spacial score (nSPS) is 9.71. The third kappa shape index (κ3) is 4.68. The maximum atomic E-state index is 11.9. The fraction of sp³-hybridized carbons (Fsp3) is 0.211. The standard InChI is InChI=1S/C19H20N2O3/c1-4-14-6-5-7-16(12-14)21-19(22)20-11-10-15-8-9-17(23-2)18(13-15)24-3/h1,5-9,12-13H,10-11H2,2-3H3,(H2,20,21,22). The van der Waals surface area contributed by atoms with E-state index < -0.39 is 0 Å². The van der Waals surface area contributed by atoms with E-state index in [-0.39, 0.29) is 6.03 Å². The first kappa shape index (κ1) is 17.2. The fourth-order valence-corrected chi connectivity index (χ4v) is 2.22. The molecular formula is C19H20N2O3. The molecule has 0 saturated heterocycles. The summed E-state index contributed by atoms with van der Waals surface area (Å²) in [4.78, 5) is 11.9. The van der Waals surface area contributed by atoms with Gasteiger partial charge in [-0.25, -0.2) is 4.79 Å². The molecule has 0 fully saturated rings. The van der Waals surface area contributed by atoms with E-state index in [1.165, 1.54) is 0 Å². The van der Waals surface area contributed by atoms with Crippen molar-refractivity contribution in [3.05, 3.63) is 53.6 Å². The largest absolute Gasteiger partial charge is 0.493 e. The van der Waals surface area contributed by atoms with Crippen LogP contribution < -0.4 is 20.1 Å². The monoisotopic (exact) mass is 324 g/mol. The number of nitrogens with one attached hydrogen (secondary N) is 2. The molecule has 2 aromatic rings. The first-order valence-corrected chi connectivity index (χ1v) is 7.48. The van der Waals surface area contributed by atoms with Gasteiger partial charge in [-0.1, -0.05) is 18.1 Å². The second-order valence-corrected chi connectivity index (χ2v) is 5.05. The molecule has 2 aromatic carbocycles. The van der Waals surface area contributed by atoms with Crippen molar-refractivity contribution in [1.29, 1.82) is 0 Å². The Hall–Kier alpha value is -3.13. The molecule has 0 radical (unpaired) electrons. The number of terminal acetylenes is 1. The number of hydrogen-bond donors (Lipinski definition) is 2. The van der Waals surface area contributed by atoms with Gasteiger partial charge in [0.05, 0.1) is 14.2 Å². The third-order valence-electron chi connectivity index (χ3n) is 3.43. The van der Waals surface area contributed by atoms with Gasteiger partial charge < -0.3 is 20.1 Å². The average molecular weight is 324 g/mol. The number of ether oxygens (including phenoxy) is 2. The Morgan fingerprint density at radius 2 is 1.92 bits per heavy atom. The summed E-state index contributed by atoms with van der Waals surface area (Å²) in [5.74, 6) is 3.88. The van der Waals surface area contributed by atoms with Crippen molar-refractivity contribution >= 4 is 11.7 Å². The predicted octanol–water partition coefficient (Wildman–Crippen LogP) is 3.05. The van der Waals surface area contributed by atoms with Crippen LogP contribution in [0.1, 0.15) is 11.1 Å². The molecule has 5 heteroatoms. The molecule has 0 aliphatic carbocycles. The molecule has 0 atom stereocenters. The lowest BCUT2D eigenvalue weighted by Gasteiger charge is -2.10. The molecule has 2 amide bonds. The Morgan fingerprint density at radius 3 is 2.62 bits per heavy atom. The Balaban J connectivity index is 1.85. The minimum absolute atomic E-state index is 0.273. The van der Waals surface area contributed by atoms with Crippen LogP contribution in [0.5, 0.6) is 11.5 Å². The van der Waals surface area contributed by atoms with Crippen LogP contribution >= 0.6 is 0 Å². The van der Waals surface area contributed by atoms with Gasteiger partial charge in [-0.15, -0.1) is 6.42 Å². The molecule has 0 bridgehead atoms. The van der Waals surface area contributed by atoms with E-state index in [0.29, 0.717) is 30.2 Å². The maximum absolute atomic E-state index is 11.9. The molecule has 0 unspecified atom stereocenters.